The zero-order valence-corrected chi connectivity index (χ0v) is 18.0. The number of carbonyl (C=O) groups excluding carboxylic acids is 2. The number of nitrogens with one attached hydrogen (secondary N) is 1. The van der Waals surface area contributed by atoms with E-state index in [0.29, 0.717) is 15.2 Å². The molecule has 12 heteroatoms. The third kappa shape index (κ3) is 5.30. The van der Waals surface area contributed by atoms with Crippen molar-refractivity contribution in [3.8, 4) is 5.75 Å². The van der Waals surface area contributed by atoms with Gasteiger partial charge < -0.3 is 14.5 Å². The van der Waals surface area contributed by atoms with E-state index in [0.717, 1.165) is 31.2 Å². The number of nitrogens with zero attached hydrogens (tertiary/aromatic N) is 2. The Labute approximate surface area is 187 Å². The molecule has 1 saturated carbocycles. The van der Waals surface area contributed by atoms with Gasteiger partial charge in [-0.25, -0.2) is 9.18 Å². The maximum Gasteiger partial charge on any atom is 0.348 e. The first kappa shape index (κ1) is 21.5. The number of aromatic nitrogens is 2. The highest BCUT2D eigenvalue weighted by Crippen LogP contribution is 2.32. The molecule has 2 aromatic heterocycles. The summed E-state index contributed by atoms with van der Waals surface area (Å²) in [5.74, 6) is -1.78. The van der Waals surface area contributed by atoms with Crippen molar-refractivity contribution in [2.75, 3.05) is 5.32 Å². The molecule has 0 spiro atoms. The van der Waals surface area contributed by atoms with Crippen LogP contribution in [0.5, 0.6) is 5.75 Å². The number of halogens is 2. The molecule has 1 amide bonds. The highest BCUT2D eigenvalue weighted by atomic mass is 35.5. The van der Waals surface area contributed by atoms with Crippen LogP contribution in [-0.4, -0.2) is 22.1 Å². The van der Waals surface area contributed by atoms with Gasteiger partial charge in [0.2, 0.25) is 22.2 Å². The van der Waals surface area contributed by atoms with Crippen molar-refractivity contribution in [3.05, 3.63) is 62.9 Å². The van der Waals surface area contributed by atoms with E-state index in [1.54, 1.807) is 0 Å². The van der Waals surface area contributed by atoms with Crippen LogP contribution < -0.4 is 15.5 Å². The molecule has 0 bridgehead atoms. The monoisotopic (exact) mass is 481 g/mol. The van der Waals surface area contributed by atoms with Crippen LogP contribution in [0.2, 0.25) is 5.02 Å². The number of anilines is 1. The van der Waals surface area contributed by atoms with Crippen molar-refractivity contribution in [2.45, 2.75) is 22.9 Å². The summed E-state index contributed by atoms with van der Waals surface area (Å²) in [5.41, 5.74) is -1.08. The average Bonchev–Trinajstić information content (AvgIpc) is 3.49. The minimum absolute atomic E-state index is 0.0551. The van der Waals surface area contributed by atoms with Gasteiger partial charge in [0.1, 0.15) is 23.4 Å². The van der Waals surface area contributed by atoms with Crippen LogP contribution >= 0.6 is 34.7 Å². The highest BCUT2D eigenvalue weighted by molar-refractivity contribution is 8.00. The Hall–Kier alpha value is -2.76. The lowest BCUT2D eigenvalue weighted by Gasteiger charge is -2.06. The van der Waals surface area contributed by atoms with Crippen LogP contribution in [0.4, 0.5) is 9.52 Å². The molecule has 8 nitrogen and oxygen atoms in total. The van der Waals surface area contributed by atoms with Crippen LogP contribution in [0.1, 0.15) is 29.0 Å². The molecular formula is C19H13ClFN3O5S2. The third-order valence-electron chi connectivity index (χ3n) is 4.14. The molecule has 0 unspecified atom stereocenters. The maximum absolute atomic E-state index is 13.8. The first-order chi connectivity index (χ1) is 14.9. The number of hydrogen-bond donors (Lipinski definition) is 1. The number of amides is 1. The van der Waals surface area contributed by atoms with Crippen molar-refractivity contribution in [1.82, 2.24) is 10.2 Å². The number of benzene rings is 1. The molecule has 31 heavy (non-hydrogen) atoms. The summed E-state index contributed by atoms with van der Waals surface area (Å²) in [6.45, 7) is 0. The molecule has 160 valence electrons. The summed E-state index contributed by atoms with van der Waals surface area (Å²) >= 11 is 8.30. The van der Waals surface area contributed by atoms with Gasteiger partial charge in [-0.15, -0.1) is 10.2 Å². The van der Waals surface area contributed by atoms with Crippen molar-refractivity contribution in [1.29, 1.82) is 0 Å². The van der Waals surface area contributed by atoms with Gasteiger partial charge in [0.15, 0.2) is 4.34 Å². The van der Waals surface area contributed by atoms with Gasteiger partial charge in [0, 0.05) is 12.0 Å². The van der Waals surface area contributed by atoms with Gasteiger partial charge in [0.05, 0.1) is 10.8 Å². The highest BCUT2D eigenvalue weighted by Gasteiger charge is 2.30. The number of rotatable bonds is 7. The van der Waals surface area contributed by atoms with E-state index in [4.69, 9.17) is 20.8 Å². The molecule has 3 aromatic rings. The second kappa shape index (κ2) is 9.16. The van der Waals surface area contributed by atoms with Crippen LogP contribution in [0.25, 0.3) is 0 Å². The fourth-order valence-corrected chi connectivity index (χ4v) is 4.32. The number of hydrogen-bond acceptors (Lipinski definition) is 9. The standard InChI is InChI=1S/C19H13ClFN3O5S2/c20-11-2-1-3-12(21)15(11)17(27)29-14-7-28-10(6-13(14)25)8-30-19-24-23-18(31-19)22-16(26)9-4-5-9/h1-3,6-7,9H,4-5,8H2,(H,22,23,26). The lowest BCUT2D eigenvalue weighted by molar-refractivity contribution is -0.117. The number of thioether (sulfide) groups is 1. The molecule has 1 aromatic carbocycles. The molecule has 4 rings (SSSR count). The van der Waals surface area contributed by atoms with E-state index >= 15 is 0 Å². The zero-order valence-electron chi connectivity index (χ0n) is 15.6. The molecule has 2 heterocycles. The maximum atomic E-state index is 13.8. The lowest BCUT2D eigenvalue weighted by Crippen LogP contribution is -2.16. The van der Waals surface area contributed by atoms with Gasteiger partial charge >= 0.3 is 5.97 Å². The Morgan fingerprint density at radius 3 is 2.87 bits per heavy atom. The predicted octanol–water partition coefficient (Wildman–Crippen LogP) is 4.14. The Balaban J connectivity index is 1.36. The SMILES string of the molecule is O=C(Oc1coc(CSc2nnc(NC(=O)C3CC3)s2)cc1=O)c1c(F)cccc1Cl. The fraction of sp³-hybridized carbons (Fsp3) is 0.211. The Morgan fingerprint density at radius 2 is 2.16 bits per heavy atom. The van der Waals surface area contributed by atoms with Crippen molar-refractivity contribution >= 4 is 51.7 Å². The molecule has 0 radical (unpaired) electrons. The summed E-state index contributed by atoms with van der Waals surface area (Å²) in [6.07, 6.45) is 2.76. The van der Waals surface area contributed by atoms with Gasteiger partial charge in [-0.3, -0.25) is 9.59 Å². The van der Waals surface area contributed by atoms with Gasteiger partial charge in [-0.2, -0.15) is 0 Å². The van der Waals surface area contributed by atoms with Crippen LogP contribution in [0, 0.1) is 11.7 Å². The third-order valence-corrected chi connectivity index (χ3v) is 6.45. The molecular weight excluding hydrogens is 469 g/mol. The minimum atomic E-state index is -1.10. The van der Waals surface area contributed by atoms with E-state index in [9.17, 15) is 18.8 Å². The predicted molar refractivity (Wildman–Crippen MR) is 112 cm³/mol. The van der Waals surface area contributed by atoms with E-state index in [1.807, 2.05) is 0 Å². The van der Waals surface area contributed by atoms with Crippen LogP contribution in [0.3, 0.4) is 0 Å². The number of carbonyl (C=O) groups is 2. The molecule has 1 N–H and O–H groups in total. The Bertz CT molecular complexity index is 1190. The minimum Gasteiger partial charge on any atom is -0.464 e. The quantitative estimate of drug-likeness (QED) is 0.304. The first-order valence-electron chi connectivity index (χ1n) is 8.96. The molecule has 0 atom stereocenters. The van der Waals surface area contributed by atoms with Crippen molar-refractivity contribution in [2.24, 2.45) is 5.92 Å². The first-order valence-corrected chi connectivity index (χ1v) is 11.1. The van der Waals surface area contributed by atoms with Gasteiger partial charge in [-0.05, 0) is 25.0 Å². The van der Waals surface area contributed by atoms with Crippen LogP contribution in [0.15, 0.2) is 44.1 Å². The van der Waals surface area contributed by atoms with E-state index in [2.05, 4.69) is 15.5 Å². The molecule has 1 aliphatic rings. The molecule has 0 aliphatic heterocycles. The number of esters is 1. The van der Waals surface area contributed by atoms with E-state index in [-0.39, 0.29) is 28.4 Å². The van der Waals surface area contributed by atoms with E-state index in [1.165, 1.54) is 35.2 Å². The number of ether oxygens (including phenoxy) is 1. The molecule has 0 saturated heterocycles. The Kier molecular flexibility index (Phi) is 6.35. The van der Waals surface area contributed by atoms with E-state index < -0.39 is 22.8 Å². The molecule has 1 aliphatic carbocycles. The summed E-state index contributed by atoms with van der Waals surface area (Å²) < 4.78 is 24.7. The smallest absolute Gasteiger partial charge is 0.348 e. The van der Waals surface area contributed by atoms with Gasteiger partial charge in [-0.1, -0.05) is 40.8 Å². The average molecular weight is 482 g/mol. The summed E-state index contributed by atoms with van der Waals surface area (Å²) in [7, 11) is 0. The summed E-state index contributed by atoms with van der Waals surface area (Å²) in [5, 5.41) is 10.9. The Morgan fingerprint density at radius 1 is 1.35 bits per heavy atom. The second-order valence-electron chi connectivity index (χ2n) is 6.49. The summed E-state index contributed by atoms with van der Waals surface area (Å²) in [4.78, 5) is 36.1. The summed E-state index contributed by atoms with van der Waals surface area (Å²) in [6, 6.07) is 4.90. The zero-order chi connectivity index (χ0) is 22.0. The normalized spacial score (nSPS) is 13.1. The largest absolute Gasteiger partial charge is 0.464 e. The van der Waals surface area contributed by atoms with Crippen molar-refractivity contribution in [3.63, 3.8) is 0 Å². The fourth-order valence-electron chi connectivity index (χ4n) is 2.44. The van der Waals surface area contributed by atoms with Crippen LogP contribution in [-0.2, 0) is 10.5 Å². The van der Waals surface area contributed by atoms with Crippen molar-refractivity contribution < 1.29 is 23.1 Å². The molecule has 1 fully saturated rings. The topological polar surface area (TPSA) is 111 Å². The lowest BCUT2D eigenvalue weighted by atomic mass is 10.2. The second-order valence-corrected chi connectivity index (χ2v) is 9.09. The van der Waals surface area contributed by atoms with Gasteiger partial charge in [0.25, 0.3) is 0 Å².